The minimum absolute atomic E-state index is 0.141. The lowest BCUT2D eigenvalue weighted by atomic mass is 10.0. The average Bonchev–Trinajstić information content (AvgIpc) is 2.76. The highest BCUT2D eigenvalue weighted by Gasteiger charge is 2.19. The van der Waals surface area contributed by atoms with Crippen LogP contribution in [0.3, 0.4) is 0 Å². The SMILES string of the molecule is CCOc1cc(NC(=O)c2ccccc2)c(OCC)cc1NC(=O)CN(C)C(C)CC(C)C. The highest BCUT2D eigenvalue weighted by molar-refractivity contribution is 6.05. The third-order valence-electron chi connectivity index (χ3n) is 5.20. The van der Waals surface area contributed by atoms with E-state index in [1.165, 1.54) is 0 Å². The Kier molecular flexibility index (Phi) is 10.2. The number of likely N-dealkylation sites (N-methyl/N-ethyl adjacent to an activating group) is 1. The van der Waals surface area contributed by atoms with Gasteiger partial charge in [0.05, 0.1) is 31.1 Å². The van der Waals surface area contributed by atoms with Crippen molar-refractivity contribution in [3.63, 3.8) is 0 Å². The van der Waals surface area contributed by atoms with E-state index in [0.717, 1.165) is 6.42 Å². The molecule has 0 heterocycles. The van der Waals surface area contributed by atoms with Gasteiger partial charge in [-0.2, -0.15) is 0 Å². The number of benzene rings is 2. The lowest BCUT2D eigenvalue weighted by molar-refractivity contribution is -0.117. The van der Waals surface area contributed by atoms with Crippen LogP contribution in [0, 0.1) is 5.92 Å². The van der Waals surface area contributed by atoms with Crippen molar-refractivity contribution in [2.75, 3.05) is 37.4 Å². The number of hydrogen-bond donors (Lipinski definition) is 2. The molecule has 0 radical (unpaired) electrons. The minimum Gasteiger partial charge on any atom is -0.492 e. The first-order chi connectivity index (χ1) is 15.7. The zero-order chi connectivity index (χ0) is 24.4. The topological polar surface area (TPSA) is 79.9 Å². The average molecular weight is 456 g/mol. The molecular weight excluding hydrogens is 418 g/mol. The molecule has 0 fully saturated rings. The fourth-order valence-corrected chi connectivity index (χ4v) is 3.52. The molecule has 2 aromatic carbocycles. The Morgan fingerprint density at radius 3 is 1.97 bits per heavy atom. The summed E-state index contributed by atoms with van der Waals surface area (Å²) in [4.78, 5) is 27.5. The Labute approximate surface area is 197 Å². The largest absolute Gasteiger partial charge is 0.492 e. The summed E-state index contributed by atoms with van der Waals surface area (Å²) in [5, 5.41) is 5.84. The van der Waals surface area contributed by atoms with E-state index >= 15 is 0 Å². The van der Waals surface area contributed by atoms with Gasteiger partial charge >= 0.3 is 0 Å². The third kappa shape index (κ3) is 8.09. The predicted molar refractivity (Wildman–Crippen MR) is 133 cm³/mol. The lowest BCUT2D eigenvalue weighted by Gasteiger charge is -2.25. The Morgan fingerprint density at radius 2 is 1.45 bits per heavy atom. The second kappa shape index (κ2) is 12.8. The van der Waals surface area contributed by atoms with Gasteiger partial charge in [0, 0.05) is 23.7 Å². The maximum absolute atomic E-state index is 12.8. The van der Waals surface area contributed by atoms with Crippen LogP contribution in [0.4, 0.5) is 11.4 Å². The van der Waals surface area contributed by atoms with Crippen LogP contribution in [0.5, 0.6) is 11.5 Å². The van der Waals surface area contributed by atoms with Crippen LogP contribution in [-0.4, -0.2) is 49.6 Å². The fourth-order valence-electron chi connectivity index (χ4n) is 3.52. The standard InChI is InChI=1S/C26H37N3O4/c1-7-32-23-16-22(28-26(31)20-12-10-9-11-13-20)24(33-8-2)15-21(23)27-25(30)17-29(6)19(5)14-18(3)4/h9-13,15-16,18-19H,7-8,14,17H2,1-6H3,(H,27,30)(H,28,31). The molecule has 7 nitrogen and oxygen atoms in total. The van der Waals surface area contributed by atoms with Gasteiger partial charge in [0.1, 0.15) is 11.5 Å². The molecule has 0 saturated carbocycles. The van der Waals surface area contributed by atoms with E-state index in [-0.39, 0.29) is 24.4 Å². The van der Waals surface area contributed by atoms with Gasteiger partial charge in [-0.05, 0) is 52.3 Å². The Hall–Kier alpha value is -3.06. The molecule has 0 bridgehead atoms. The number of rotatable bonds is 12. The molecule has 1 unspecified atom stereocenters. The van der Waals surface area contributed by atoms with E-state index in [0.29, 0.717) is 47.6 Å². The maximum atomic E-state index is 12.8. The van der Waals surface area contributed by atoms with Gasteiger partial charge in [0.25, 0.3) is 5.91 Å². The van der Waals surface area contributed by atoms with Gasteiger partial charge in [-0.1, -0.05) is 32.0 Å². The second-order valence-electron chi connectivity index (χ2n) is 8.47. The minimum atomic E-state index is -0.253. The van der Waals surface area contributed by atoms with Crippen LogP contribution in [0.25, 0.3) is 0 Å². The molecule has 33 heavy (non-hydrogen) atoms. The predicted octanol–water partition coefficient (Wildman–Crippen LogP) is 5.04. The van der Waals surface area contributed by atoms with Crippen molar-refractivity contribution < 1.29 is 19.1 Å². The number of nitrogens with one attached hydrogen (secondary N) is 2. The van der Waals surface area contributed by atoms with Crippen molar-refractivity contribution in [2.24, 2.45) is 5.92 Å². The number of nitrogens with zero attached hydrogens (tertiary/aromatic N) is 1. The highest BCUT2D eigenvalue weighted by Crippen LogP contribution is 2.37. The number of carbonyl (C=O) groups excluding carboxylic acids is 2. The van der Waals surface area contributed by atoms with Gasteiger partial charge in [-0.15, -0.1) is 0 Å². The van der Waals surface area contributed by atoms with Gasteiger partial charge in [-0.3, -0.25) is 14.5 Å². The van der Waals surface area contributed by atoms with Crippen LogP contribution in [0.2, 0.25) is 0 Å². The van der Waals surface area contributed by atoms with Crippen molar-refractivity contribution in [1.29, 1.82) is 0 Å². The molecule has 0 spiro atoms. The molecule has 0 saturated heterocycles. The molecule has 0 aliphatic rings. The van der Waals surface area contributed by atoms with Gasteiger partial charge < -0.3 is 20.1 Å². The van der Waals surface area contributed by atoms with E-state index in [4.69, 9.17) is 9.47 Å². The van der Waals surface area contributed by atoms with E-state index in [1.54, 1.807) is 24.3 Å². The Bertz CT molecular complexity index is 915. The molecule has 1 atom stereocenters. The van der Waals surface area contributed by atoms with Crippen molar-refractivity contribution in [2.45, 2.75) is 47.1 Å². The second-order valence-corrected chi connectivity index (χ2v) is 8.47. The van der Waals surface area contributed by atoms with Gasteiger partial charge in [0.2, 0.25) is 5.91 Å². The van der Waals surface area contributed by atoms with Crippen LogP contribution in [0.15, 0.2) is 42.5 Å². The van der Waals surface area contributed by atoms with Gasteiger partial charge in [0.15, 0.2) is 0 Å². The Balaban J connectivity index is 2.24. The molecule has 2 rings (SSSR count). The van der Waals surface area contributed by atoms with E-state index < -0.39 is 0 Å². The third-order valence-corrected chi connectivity index (χ3v) is 5.20. The molecule has 7 heteroatoms. The number of ether oxygens (including phenoxy) is 2. The summed E-state index contributed by atoms with van der Waals surface area (Å²) in [5.74, 6) is 1.09. The van der Waals surface area contributed by atoms with Crippen molar-refractivity contribution >= 4 is 23.2 Å². The molecule has 180 valence electrons. The summed E-state index contributed by atoms with van der Waals surface area (Å²) in [6.07, 6.45) is 1.01. The first kappa shape index (κ1) is 26.2. The van der Waals surface area contributed by atoms with E-state index in [9.17, 15) is 9.59 Å². The lowest BCUT2D eigenvalue weighted by Crippen LogP contribution is -2.37. The van der Waals surface area contributed by atoms with Crippen LogP contribution < -0.4 is 20.1 Å². The molecule has 2 amide bonds. The maximum Gasteiger partial charge on any atom is 0.255 e. The molecule has 2 aromatic rings. The van der Waals surface area contributed by atoms with Crippen LogP contribution in [-0.2, 0) is 4.79 Å². The number of hydrogen-bond acceptors (Lipinski definition) is 5. The summed E-state index contributed by atoms with van der Waals surface area (Å²) in [5.41, 5.74) is 1.52. The van der Waals surface area contributed by atoms with Crippen LogP contribution >= 0.6 is 0 Å². The summed E-state index contributed by atoms with van der Waals surface area (Å²) in [7, 11) is 1.95. The fraction of sp³-hybridized carbons (Fsp3) is 0.462. The zero-order valence-electron chi connectivity index (χ0n) is 20.6. The molecular formula is C26H37N3O4. The van der Waals surface area contributed by atoms with Gasteiger partial charge in [-0.25, -0.2) is 0 Å². The summed E-state index contributed by atoms with van der Waals surface area (Å²) in [6.45, 7) is 11.3. The smallest absolute Gasteiger partial charge is 0.255 e. The van der Waals surface area contributed by atoms with Crippen molar-refractivity contribution in [3.05, 3.63) is 48.0 Å². The Morgan fingerprint density at radius 1 is 0.909 bits per heavy atom. The van der Waals surface area contributed by atoms with E-state index in [2.05, 4.69) is 31.4 Å². The number of carbonyl (C=O) groups is 2. The molecule has 0 aliphatic carbocycles. The number of amides is 2. The number of anilines is 2. The van der Waals surface area contributed by atoms with E-state index in [1.807, 2.05) is 44.0 Å². The summed E-state index contributed by atoms with van der Waals surface area (Å²) < 4.78 is 11.5. The first-order valence-corrected chi connectivity index (χ1v) is 11.5. The summed E-state index contributed by atoms with van der Waals surface area (Å²) >= 11 is 0. The van der Waals surface area contributed by atoms with Crippen molar-refractivity contribution in [1.82, 2.24) is 4.90 Å². The monoisotopic (exact) mass is 455 g/mol. The molecule has 2 N–H and O–H groups in total. The molecule has 0 aliphatic heterocycles. The molecule has 0 aromatic heterocycles. The first-order valence-electron chi connectivity index (χ1n) is 11.5. The highest BCUT2D eigenvalue weighted by atomic mass is 16.5. The summed E-state index contributed by atoms with van der Waals surface area (Å²) in [6, 6.07) is 12.6. The quantitative estimate of drug-likeness (QED) is 0.469. The van der Waals surface area contributed by atoms with Crippen molar-refractivity contribution in [3.8, 4) is 11.5 Å². The normalized spacial score (nSPS) is 11.9. The van der Waals surface area contributed by atoms with Crippen LogP contribution in [0.1, 0.15) is 51.4 Å². The zero-order valence-corrected chi connectivity index (χ0v) is 20.6.